The second-order valence-electron chi connectivity index (χ2n) is 4.97. The highest BCUT2D eigenvalue weighted by Gasteiger charge is 2.39. The van der Waals surface area contributed by atoms with E-state index in [4.69, 9.17) is 10.5 Å². The molecule has 3 N–H and O–H groups in total. The van der Waals surface area contributed by atoms with Gasteiger partial charge in [0, 0.05) is 43.4 Å². The molecule has 0 aromatic heterocycles. The molecule has 0 amide bonds. The molecule has 4 heteroatoms. The van der Waals surface area contributed by atoms with E-state index in [1.165, 1.54) is 0 Å². The number of benzene rings is 1. The molecule has 4 nitrogen and oxygen atoms in total. The number of hydrogen-bond acceptors (Lipinski definition) is 4. The minimum absolute atomic E-state index is 0.00657. The van der Waals surface area contributed by atoms with E-state index < -0.39 is 0 Å². The summed E-state index contributed by atoms with van der Waals surface area (Å²) in [6, 6.07) is 5.87. The number of aromatic hydroxyl groups is 1. The van der Waals surface area contributed by atoms with Crippen molar-refractivity contribution in [2.24, 2.45) is 11.7 Å². The minimum atomic E-state index is 0.00657. The Morgan fingerprint density at radius 1 is 1.47 bits per heavy atom. The van der Waals surface area contributed by atoms with Crippen LogP contribution in [0.25, 0.3) is 0 Å². The van der Waals surface area contributed by atoms with Crippen LogP contribution in [-0.2, 0) is 4.74 Å². The molecular weight excluding hydrogens is 216 g/mol. The number of hydrogen-bond donors (Lipinski definition) is 2. The van der Waals surface area contributed by atoms with E-state index >= 15 is 0 Å². The lowest BCUT2D eigenvalue weighted by molar-refractivity contribution is 0.0272. The molecule has 1 saturated heterocycles. The third kappa shape index (κ3) is 1.59. The predicted molar refractivity (Wildman–Crippen MR) is 66.2 cm³/mol. The molecule has 92 valence electrons. The third-order valence-corrected chi connectivity index (χ3v) is 4.07. The maximum atomic E-state index is 9.60. The fraction of sp³-hybridized carbons (Fsp3) is 0.538. The standard InChI is InChI=1S/C13H18N2O2/c1-15-11-4-5-17-7-10(11)13(14)9-3-2-8(16)6-12(9)15/h2-3,6,10-11,13,16H,4-5,7,14H2,1H3. The molecule has 17 heavy (non-hydrogen) atoms. The van der Waals surface area contributed by atoms with Gasteiger partial charge >= 0.3 is 0 Å². The summed E-state index contributed by atoms with van der Waals surface area (Å²) < 4.78 is 5.54. The molecule has 3 rings (SSSR count). The summed E-state index contributed by atoms with van der Waals surface area (Å²) in [5.41, 5.74) is 8.49. The lowest BCUT2D eigenvalue weighted by Crippen LogP contribution is -2.51. The van der Waals surface area contributed by atoms with Crippen molar-refractivity contribution >= 4 is 5.69 Å². The molecule has 0 spiro atoms. The molecule has 3 unspecified atom stereocenters. The van der Waals surface area contributed by atoms with Crippen LogP contribution in [0.2, 0.25) is 0 Å². The SMILES string of the molecule is CN1c2cc(O)ccc2C(N)C2COCCC21. The molecule has 0 bridgehead atoms. The van der Waals surface area contributed by atoms with Gasteiger partial charge in [-0.05, 0) is 18.1 Å². The van der Waals surface area contributed by atoms with Crippen molar-refractivity contribution < 1.29 is 9.84 Å². The highest BCUT2D eigenvalue weighted by molar-refractivity contribution is 5.60. The van der Waals surface area contributed by atoms with E-state index in [-0.39, 0.29) is 6.04 Å². The van der Waals surface area contributed by atoms with Gasteiger partial charge in [0.2, 0.25) is 0 Å². The van der Waals surface area contributed by atoms with Crippen molar-refractivity contribution in [3.05, 3.63) is 23.8 Å². The summed E-state index contributed by atoms with van der Waals surface area (Å²) >= 11 is 0. The Morgan fingerprint density at radius 3 is 3.12 bits per heavy atom. The number of anilines is 1. The summed E-state index contributed by atoms with van der Waals surface area (Å²) in [5, 5.41) is 9.60. The minimum Gasteiger partial charge on any atom is -0.508 e. The third-order valence-electron chi connectivity index (χ3n) is 4.07. The number of fused-ring (bicyclic) bond motifs is 2. The molecule has 0 saturated carbocycles. The number of rotatable bonds is 0. The second-order valence-corrected chi connectivity index (χ2v) is 4.97. The molecular formula is C13H18N2O2. The quantitative estimate of drug-likeness (QED) is 0.709. The van der Waals surface area contributed by atoms with Crippen LogP contribution in [0.5, 0.6) is 5.75 Å². The normalized spacial score (nSPS) is 31.9. The Kier molecular flexibility index (Phi) is 2.49. The summed E-state index contributed by atoms with van der Waals surface area (Å²) in [6.45, 7) is 1.53. The van der Waals surface area contributed by atoms with Gasteiger partial charge in [-0.3, -0.25) is 0 Å². The average Bonchev–Trinajstić information content (AvgIpc) is 2.36. The van der Waals surface area contributed by atoms with Crippen molar-refractivity contribution in [1.82, 2.24) is 0 Å². The molecule has 1 aromatic rings. The van der Waals surface area contributed by atoms with Gasteiger partial charge in [-0.1, -0.05) is 6.07 Å². The zero-order chi connectivity index (χ0) is 12.0. The first kappa shape index (κ1) is 10.9. The molecule has 0 aliphatic carbocycles. The van der Waals surface area contributed by atoms with Gasteiger partial charge in [-0.15, -0.1) is 0 Å². The van der Waals surface area contributed by atoms with Gasteiger partial charge in [0.1, 0.15) is 5.75 Å². The first-order valence-corrected chi connectivity index (χ1v) is 6.07. The Hall–Kier alpha value is -1.26. The Labute approximate surface area is 101 Å². The molecule has 1 fully saturated rings. The largest absolute Gasteiger partial charge is 0.508 e. The molecule has 3 atom stereocenters. The van der Waals surface area contributed by atoms with Crippen molar-refractivity contribution in [3.8, 4) is 5.75 Å². The van der Waals surface area contributed by atoms with Crippen LogP contribution in [0.3, 0.4) is 0 Å². The Bertz CT molecular complexity index is 435. The average molecular weight is 234 g/mol. The van der Waals surface area contributed by atoms with Crippen LogP contribution in [0.4, 0.5) is 5.69 Å². The molecule has 2 heterocycles. The van der Waals surface area contributed by atoms with Crippen LogP contribution in [0.1, 0.15) is 18.0 Å². The van der Waals surface area contributed by atoms with Gasteiger partial charge in [0.25, 0.3) is 0 Å². The predicted octanol–water partition coefficient (Wildman–Crippen LogP) is 1.25. The highest BCUT2D eigenvalue weighted by atomic mass is 16.5. The first-order valence-electron chi connectivity index (χ1n) is 6.07. The van der Waals surface area contributed by atoms with Crippen LogP contribution >= 0.6 is 0 Å². The fourth-order valence-electron chi connectivity index (χ4n) is 3.10. The van der Waals surface area contributed by atoms with Crippen molar-refractivity contribution in [2.45, 2.75) is 18.5 Å². The van der Waals surface area contributed by atoms with Crippen LogP contribution in [0, 0.1) is 5.92 Å². The molecule has 0 radical (unpaired) electrons. The monoisotopic (exact) mass is 234 g/mol. The first-order chi connectivity index (χ1) is 8.18. The zero-order valence-corrected chi connectivity index (χ0v) is 9.97. The fourth-order valence-corrected chi connectivity index (χ4v) is 3.10. The second kappa shape index (κ2) is 3.89. The van der Waals surface area contributed by atoms with Crippen molar-refractivity contribution in [1.29, 1.82) is 0 Å². The zero-order valence-electron chi connectivity index (χ0n) is 9.97. The van der Waals surface area contributed by atoms with Crippen molar-refractivity contribution in [2.75, 3.05) is 25.2 Å². The van der Waals surface area contributed by atoms with E-state index in [1.54, 1.807) is 12.1 Å². The lowest BCUT2D eigenvalue weighted by atomic mass is 9.80. The van der Waals surface area contributed by atoms with Crippen LogP contribution in [-0.4, -0.2) is 31.4 Å². The summed E-state index contributed by atoms with van der Waals surface area (Å²) in [4.78, 5) is 2.24. The maximum absolute atomic E-state index is 9.60. The molecule has 2 aliphatic rings. The number of nitrogens with zero attached hydrogens (tertiary/aromatic N) is 1. The molecule has 1 aromatic carbocycles. The van der Waals surface area contributed by atoms with E-state index in [2.05, 4.69) is 11.9 Å². The summed E-state index contributed by atoms with van der Waals surface area (Å²) in [6.07, 6.45) is 1.00. The summed E-state index contributed by atoms with van der Waals surface area (Å²) in [7, 11) is 2.08. The van der Waals surface area contributed by atoms with Gasteiger partial charge in [0.05, 0.1) is 6.61 Å². The van der Waals surface area contributed by atoms with Gasteiger partial charge < -0.3 is 20.5 Å². The maximum Gasteiger partial charge on any atom is 0.117 e. The van der Waals surface area contributed by atoms with Crippen molar-refractivity contribution in [3.63, 3.8) is 0 Å². The van der Waals surface area contributed by atoms with Crippen LogP contribution < -0.4 is 10.6 Å². The van der Waals surface area contributed by atoms with Gasteiger partial charge in [0.15, 0.2) is 0 Å². The van der Waals surface area contributed by atoms with E-state index in [0.29, 0.717) is 17.7 Å². The van der Waals surface area contributed by atoms with E-state index in [1.807, 2.05) is 6.07 Å². The lowest BCUT2D eigenvalue weighted by Gasteiger charge is -2.47. The van der Waals surface area contributed by atoms with E-state index in [0.717, 1.165) is 30.9 Å². The Morgan fingerprint density at radius 2 is 2.29 bits per heavy atom. The summed E-state index contributed by atoms with van der Waals surface area (Å²) in [5.74, 6) is 0.652. The number of phenols is 1. The topological polar surface area (TPSA) is 58.7 Å². The van der Waals surface area contributed by atoms with Gasteiger partial charge in [-0.25, -0.2) is 0 Å². The number of nitrogens with two attached hydrogens (primary N) is 1. The number of ether oxygens (including phenoxy) is 1. The van der Waals surface area contributed by atoms with E-state index in [9.17, 15) is 5.11 Å². The molecule has 2 aliphatic heterocycles. The smallest absolute Gasteiger partial charge is 0.117 e. The highest BCUT2D eigenvalue weighted by Crippen LogP contribution is 2.42. The Balaban J connectivity index is 2.07. The van der Waals surface area contributed by atoms with Gasteiger partial charge in [-0.2, -0.15) is 0 Å². The van der Waals surface area contributed by atoms with Crippen LogP contribution in [0.15, 0.2) is 18.2 Å². The number of phenolic OH excluding ortho intramolecular Hbond substituents is 1.